The van der Waals surface area contributed by atoms with Gasteiger partial charge in [0.2, 0.25) is 0 Å². The summed E-state index contributed by atoms with van der Waals surface area (Å²) >= 11 is 0. The molecule has 1 amide bonds. The Labute approximate surface area is 141 Å². The minimum absolute atomic E-state index is 0.0356. The van der Waals surface area contributed by atoms with Gasteiger partial charge in [0.15, 0.2) is 0 Å². The lowest BCUT2D eigenvalue weighted by atomic mass is 10.1. The van der Waals surface area contributed by atoms with Crippen LogP contribution in [0.3, 0.4) is 0 Å². The quantitative estimate of drug-likeness (QED) is 0.686. The lowest BCUT2D eigenvalue weighted by molar-refractivity contribution is 0.0953. The number of fused-ring (bicyclic) bond motifs is 1. The fourth-order valence-electron chi connectivity index (χ4n) is 2.58. The SMILES string of the molecule is Cc1ccc(NCCCNC(=O)c2ccc3ccn(C)c3c2)nc1. The highest BCUT2D eigenvalue weighted by atomic mass is 16.1. The van der Waals surface area contributed by atoms with Gasteiger partial charge in [-0.3, -0.25) is 4.79 Å². The van der Waals surface area contributed by atoms with Gasteiger partial charge in [-0.1, -0.05) is 12.1 Å². The molecule has 0 atom stereocenters. The Balaban J connectivity index is 1.46. The van der Waals surface area contributed by atoms with E-state index in [4.69, 9.17) is 0 Å². The monoisotopic (exact) mass is 322 g/mol. The van der Waals surface area contributed by atoms with Crippen molar-refractivity contribution in [2.24, 2.45) is 7.05 Å². The second-order valence-electron chi connectivity index (χ2n) is 5.96. The van der Waals surface area contributed by atoms with Crippen molar-refractivity contribution in [3.8, 4) is 0 Å². The van der Waals surface area contributed by atoms with E-state index in [0.29, 0.717) is 12.1 Å². The maximum atomic E-state index is 12.2. The van der Waals surface area contributed by atoms with Crippen LogP contribution in [-0.4, -0.2) is 28.5 Å². The van der Waals surface area contributed by atoms with E-state index < -0.39 is 0 Å². The van der Waals surface area contributed by atoms with Gasteiger partial charge in [0.25, 0.3) is 5.91 Å². The first-order chi connectivity index (χ1) is 11.6. The van der Waals surface area contributed by atoms with Crippen molar-refractivity contribution in [1.82, 2.24) is 14.9 Å². The second-order valence-corrected chi connectivity index (χ2v) is 5.96. The van der Waals surface area contributed by atoms with Gasteiger partial charge in [-0.05, 0) is 48.6 Å². The van der Waals surface area contributed by atoms with Crippen LogP contribution in [0.4, 0.5) is 5.82 Å². The van der Waals surface area contributed by atoms with Gasteiger partial charge in [-0.2, -0.15) is 0 Å². The number of carbonyl (C=O) groups excluding carboxylic acids is 1. The average Bonchev–Trinajstić information content (AvgIpc) is 2.97. The molecule has 0 saturated heterocycles. The van der Waals surface area contributed by atoms with Crippen LogP contribution in [0.2, 0.25) is 0 Å². The van der Waals surface area contributed by atoms with Crippen LogP contribution in [-0.2, 0) is 7.05 Å². The number of aryl methyl sites for hydroxylation is 2. The number of hydrogen-bond donors (Lipinski definition) is 2. The predicted octanol–water partition coefficient (Wildman–Crippen LogP) is 3.11. The summed E-state index contributed by atoms with van der Waals surface area (Å²) in [5.74, 6) is 0.827. The van der Waals surface area contributed by atoms with E-state index in [9.17, 15) is 4.79 Å². The summed E-state index contributed by atoms with van der Waals surface area (Å²) in [6, 6.07) is 11.8. The molecule has 0 radical (unpaired) electrons. The molecule has 2 aromatic heterocycles. The number of carbonyl (C=O) groups is 1. The van der Waals surface area contributed by atoms with Crippen molar-refractivity contribution in [3.63, 3.8) is 0 Å². The first kappa shape index (κ1) is 16.1. The molecule has 2 heterocycles. The summed E-state index contributed by atoms with van der Waals surface area (Å²) < 4.78 is 2.02. The molecule has 124 valence electrons. The number of hydrogen-bond acceptors (Lipinski definition) is 3. The largest absolute Gasteiger partial charge is 0.370 e. The highest BCUT2D eigenvalue weighted by Gasteiger charge is 2.07. The molecule has 24 heavy (non-hydrogen) atoms. The Kier molecular flexibility index (Phi) is 4.79. The summed E-state index contributed by atoms with van der Waals surface area (Å²) in [5.41, 5.74) is 2.90. The van der Waals surface area contributed by atoms with Crippen LogP contribution >= 0.6 is 0 Å². The molecule has 0 saturated carbocycles. The van der Waals surface area contributed by atoms with E-state index >= 15 is 0 Å². The number of rotatable bonds is 6. The Bertz CT molecular complexity index is 836. The van der Waals surface area contributed by atoms with Crippen LogP contribution in [0.1, 0.15) is 22.3 Å². The lowest BCUT2D eigenvalue weighted by Crippen LogP contribution is -2.25. The second kappa shape index (κ2) is 7.17. The summed E-state index contributed by atoms with van der Waals surface area (Å²) in [4.78, 5) is 16.5. The van der Waals surface area contributed by atoms with E-state index in [2.05, 4.69) is 15.6 Å². The van der Waals surface area contributed by atoms with Crippen molar-refractivity contribution in [2.45, 2.75) is 13.3 Å². The summed E-state index contributed by atoms with van der Waals surface area (Å²) in [7, 11) is 1.98. The number of nitrogens with zero attached hydrogens (tertiary/aromatic N) is 2. The van der Waals surface area contributed by atoms with Crippen LogP contribution < -0.4 is 10.6 Å². The van der Waals surface area contributed by atoms with E-state index in [1.54, 1.807) is 0 Å². The Hall–Kier alpha value is -2.82. The van der Waals surface area contributed by atoms with Gasteiger partial charge in [0.1, 0.15) is 5.82 Å². The Morgan fingerprint density at radius 1 is 1.17 bits per heavy atom. The molecule has 0 bridgehead atoms. The molecule has 5 heteroatoms. The minimum Gasteiger partial charge on any atom is -0.370 e. The normalized spacial score (nSPS) is 10.8. The zero-order valence-corrected chi connectivity index (χ0v) is 14.0. The molecule has 3 rings (SSSR count). The number of pyridine rings is 1. The van der Waals surface area contributed by atoms with Gasteiger partial charge in [0, 0.05) is 43.6 Å². The molecule has 0 aliphatic rings. The molecule has 2 N–H and O–H groups in total. The number of anilines is 1. The molecular formula is C19H22N4O. The van der Waals surface area contributed by atoms with E-state index in [1.807, 2.05) is 67.3 Å². The highest BCUT2D eigenvalue weighted by Crippen LogP contribution is 2.16. The molecule has 0 aliphatic carbocycles. The molecule has 0 fully saturated rings. The van der Waals surface area contributed by atoms with Crippen LogP contribution in [0.15, 0.2) is 48.8 Å². The van der Waals surface area contributed by atoms with E-state index in [0.717, 1.165) is 35.2 Å². The Morgan fingerprint density at radius 3 is 2.83 bits per heavy atom. The van der Waals surface area contributed by atoms with Crippen molar-refractivity contribution < 1.29 is 4.79 Å². The first-order valence-electron chi connectivity index (χ1n) is 8.13. The van der Waals surface area contributed by atoms with Crippen molar-refractivity contribution >= 4 is 22.6 Å². The molecule has 0 spiro atoms. The summed E-state index contributed by atoms with van der Waals surface area (Å²) in [6.45, 7) is 3.41. The van der Waals surface area contributed by atoms with Gasteiger partial charge < -0.3 is 15.2 Å². The number of aromatic nitrogens is 2. The third kappa shape index (κ3) is 3.74. The number of benzene rings is 1. The molecular weight excluding hydrogens is 300 g/mol. The number of amides is 1. The zero-order chi connectivity index (χ0) is 16.9. The van der Waals surface area contributed by atoms with Crippen molar-refractivity contribution in [1.29, 1.82) is 0 Å². The standard InChI is InChI=1S/C19H22N4O/c1-14-4-7-18(22-13-14)20-9-3-10-21-19(24)16-6-5-15-8-11-23(2)17(15)12-16/h4-8,11-13H,3,9-10H2,1-2H3,(H,20,22)(H,21,24). The average molecular weight is 322 g/mol. The van der Waals surface area contributed by atoms with Gasteiger partial charge in [-0.25, -0.2) is 4.98 Å². The molecule has 5 nitrogen and oxygen atoms in total. The highest BCUT2D eigenvalue weighted by molar-refractivity contribution is 5.98. The molecule has 3 aromatic rings. The third-order valence-corrected chi connectivity index (χ3v) is 4.01. The fraction of sp³-hybridized carbons (Fsp3) is 0.263. The van der Waals surface area contributed by atoms with Crippen molar-refractivity contribution in [3.05, 3.63) is 59.9 Å². The molecule has 0 aliphatic heterocycles. The van der Waals surface area contributed by atoms with Crippen LogP contribution in [0, 0.1) is 6.92 Å². The first-order valence-corrected chi connectivity index (χ1v) is 8.13. The third-order valence-electron chi connectivity index (χ3n) is 4.01. The van der Waals surface area contributed by atoms with Gasteiger partial charge in [0.05, 0.1) is 0 Å². The fourth-order valence-corrected chi connectivity index (χ4v) is 2.58. The van der Waals surface area contributed by atoms with E-state index in [-0.39, 0.29) is 5.91 Å². The Morgan fingerprint density at radius 2 is 2.04 bits per heavy atom. The van der Waals surface area contributed by atoms with E-state index in [1.165, 1.54) is 0 Å². The van der Waals surface area contributed by atoms with Crippen LogP contribution in [0.5, 0.6) is 0 Å². The zero-order valence-electron chi connectivity index (χ0n) is 14.0. The lowest BCUT2D eigenvalue weighted by Gasteiger charge is -2.08. The van der Waals surface area contributed by atoms with Crippen molar-refractivity contribution in [2.75, 3.05) is 18.4 Å². The van der Waals surface area contributed by atoms with Crippen LogP contribution in [0.25, 0.3) is 10.9 Å². The summed E-state index contributed by atoms with van der Waals surface area (Å²) in [5, 5.41) is 7.35. The molecule has 1 aromatic carbocycles. The van der Waals surface area contributed by atoms with Gasteiger partial charge in [-0.15, -0.1) is 0 Å². The topological polar surface area (TPSA) is 58.9 Å². The maximum Gasteiger partial charge on any atom is 0.251 e. The molecule has 0 unspecified atom stereocenters. The minimum atomic E-state index is -0.0356. The van der Waals surface area contributed by atoms with Gasteiger partial charge >= 0.3 is 0 Å². The summed E-state index contributed by atoms with van der Waals surface area (Å²) in [6.07, 6.45) is 4.68. The maximum absolute atomic E-state index is 12.2. The number of nitrogens with one attached hydrogen (secondary N) is 2. The predicted molar refractivity (Wildman–Crippen MR) is 97.3 cm³/mol. The smallest absolute Gasteiger partial charge is 0.251 e.